The Labute approximate surface area is 176 Å². The molecule has 0 bridgehead atoms. The van der Waals surface area contributed by atoms with Gasteiger partial charge in [-0.2, -0.15) is 13.2 Å². The van der Waals surface area contributed by atoms with E-state index in [0.717, 1.165) is 0 Å². The summed E-state index contributed by atoms with van der Waals surface area (Å²) in [5.74, 6) is 0. The first-order valence-electron chi connectivity index (χ1n) is 8.85. The fraction of sp³-hybridized carbons (Fsp3) is 0.429. The molecule has 0 unspecified atom stereocenters. The summed E-state index contributed by atoms with van der Waals surface area (Å²) in [5, 5.41) is 0. The van der Waals surface area contributed by atoms with Crippen molar-refractivity contribution in [1.82, 2.24) is 0 Å². The van der Waals surface area contributed by atoms with Crippen molar-refractivity contribution in [3.8, 4) is 0 Å². The van der Waals surface area contributed by atoms with E-state index >= 15 is 0 Å². The fourth-order valence-electron chi connectivity index (χ4n) is 3.49. The van der Waals surface area contributed by atoms with E-state index in [2.05, 4.69) is 102 Å². The van der Waals surface area contributed by atoms with Crippen LogP contribution in [-0.4, -0.2) is 25.3 Å². The molecule has 2 aromatic carbocycles. The van der Waals surface area contributed by atoms with Crippen LogP contribution in [0.15, 0.2) is 60.7 Å². The third-order valence-electron chi connectivity index (χ3n) is 4.11. The van der Waals surface area contributed by atoms with Crippen LogP contribution in [0.5, 0.6) is 0 Å². The molecule has 29 heavy (non-hydrogen) atoms. The number of hydrogen-bond donors (Lipinski definition) is 0. The van der Waals surface area contributed by atoms with Gasteiger partial charge in [0.1, 0.15) is 0 Å². The molecule has 0 aromatic heterocycles. The third kappa shape index (κ3) is 5.73. The molecule has 0 spiro atoms. The van der Waals surface area contributed by atoms with Crippen LogP contribution in [0.4, 0.5) is 13.2 Å². The van der Waals surface area contributed by atoms with E-state index < -0.39 is 34.1 Å². The predicted molar refractivity (Wildman–Crippen MR) is 106 cm³/mol. The van der Waals surface area contributed by atoms with Crippen LogP contribution in [0.25, 0.3) is 0 Å². The minimum Gasteiger partial charge on any atom is -0.741 e. The molecular formula is C21H28F3IO3S. The van der Waals surface area contributed by atoms with Gasteiger partial charge in [-0.15, -0.1) is 0 Å². The zero-order chi connectivity index (χ0) is 22.7. The van der Waals surface area contributed by atoms with E-state index in [1.54, 1.807) is 7.14 Å². The van der Waals surface area contributed by atoms with Gasteiger partial charge < -0.3 is 4.55 Å². The molecule has 2 rings (SSSR count). The Morgan fingerprint density at radius 1 is 0.690 bits per heavy atom. The quantitative estimate of drug-likeness (QED) is 0.253. The van der Waals surface area contributed by atoms with Gasteiger partial charge in [0.15, 0.2) is 10.1 Å². The second-order valence-electron chi connectivity index (χ2n) is 8.19. The largest absolute Gasteiger partial charge is 0.741 e. The Kier molecular flexibility index (Phi) is 7.98. The average Bonchev–Trinajstić information content (AvgIpc) is 2.53. The Morgan fingerprint density at radius 3 is 1.10 bits per heavy atom. The molecule has 0 saturated heterocycles. The fourth-order valence-corrected chi connectivity index (χ4v) is 19.5. The average molecular weight is 544 g/mol. The monoisotopic (exact) mass is 544 g/mol. The van der Waals surface area contributed by atoms with Gasteiger partial charge in [-0.3, -0.25) is 0 Å². The van der Waals surface area contributed by atoms with Crippen molar-refractivity contribution in [1.29, 1.82) is 0 Å². The normalized spacial score (nSPS) is 14.0. The van der Waals surface area contributed by atoms with Crippen LogP contribution in [0, 0.1) is 7.14 Å². The van der Waals surface area contributed by atoms with E-state index in [0.29, 0.717) is 0 Å². The van der Waals surface area contributed by atoms with Gasteiger partial charge in [0.05, 0.1) is 0 Å². The molecule has 0 saturated carbocycles. The minimum absolute atomic E-state index is 0.285. The van der Waals surface area contributed by atoms with Crippen LogP contribution in [0.3, 0.4) is 0 Å². The van der Waals surface area contributed by atoms with Crippen LogP contribution < -0.4 is 18.4 Å². The number of hydrogen-bond acceptors (Lipinski definition) is 3. The van der Waals surface area contributed by atoms with Gasteiger partial charge in [0.25, 0.3) is 0 Å². The molecule has 0 radical (unpaired) electrons. The number of halogens is 4. The summed E-state index contributed by atoms with van der Waals surface area (Å²) in [6.07, 6.45) is 0. The molecule has 0 aliphatic rings. The van der Waals surface area contributed by atoms with E-state index in [9.17, 15) is 13.2 Å². The van der Waals surface area contributed by atoms with Gasteiger partial charge in [-0.05, 0) is 0 Å². The molecule has 0 heterocycles. The summed E-state index contributed by atoms with van der Waals surface area (Å²) in [4.78, 5) is 0. The molecule has 2 aromatic rings. The topological polar surface area (TPSA) is 57.2 Å². The molecule has 0 amide bonds. The Bertz CT molecular complexity index is 827. The minimum atomic E-state index is -6.09. The summed E-state index contributed by atoms with van der Waals surface area (Å²) >= 11 is -2.52. The van der Waals surface area contributed by atoms with Crippen LogP contribution in [0.2, 0.25) is 0 Å². The first-order chi connectivity index (χ1) is 13.0. The zero-order valence-electron chi connectivity index (χ0n) is 17.4. The van der Waals surface area contributed by atoms with Crippen LogP contribution >= 0.6 is 0 Å². The molecule has 0 aliphatic carbocycles. The van der Waals surface area contributed by atoms with Gasteiger partial charge in [0.2, 0.25) is 0 Å². The van der Waals surface area contributed by atoms with E-state index in [1.807, 2.05) is 0 Å². The molecule has 8 heteroatoms. The maximum Gasteiger partial charge on any atom is 0.485 e. The molecular weight excluding hydrogens is 516 g/mol. The first-order valence-corrected chi connectivity index (χ1v) is 14.6. The van der Waals surface area contributed by atoms with Gasteiger partial charge in [-0.25, -0.2) is 8.42 Å². The molecule has 164 valence electrons. The van der Waals surface area contributed by atoms with Crippen molar-refractivity contribution in [3.05, 3.63) is 67.8 Å². The Hall–Kier alpha value is -1.13. The Balaban J connectivity index is 0.000000447. The van der Waals surface area contributed by atoms with Crippen LogP contribution in [0.1, 0.15) is 41.5 Å². The molecule has 0 aliphatic heterocycles. The second-order valence-corrected chi connectivity index (χ2v) is 21.8. The van der Waals surface area contributed by atoms with Crippen molar-refractivity contribution in [2.75, 3.05) is 0 Å². The standard InChI is InChI=1S/C20H28I.CHF3O3S/c1-19(2,3)21(20(4,5)6,17-13-9-7-10-14-17)18-15-11-8-12-16-18;2-1(3,4)8(5,6)7/h7-16H,1-6H3;(H,5,6,7)/q+1;/p-1. The summed E-state index contributed by atoms with van der Waals surface area (Å²) in [6, 6.07) is 22.5. The van der Waals surface area contributed by atoms with E-state index in [-0.39, 0.29) is 6.84 Å². The van der Waals surface area contributed by atoms with E-state index in [4.69, 9.17) is 13.0 Å². The molecule has 0 N–H and O–H groups in total. The summed E-state index contributed by atoms with van der Waals surface area (Å²) in [6.45, 7) is 14.6. The Morgan fingerprint density at radius 2 is 0.931 bits per heavy atom. The second kappa shape index (κ2) is 8.93. The van der Waals surface area contributed by atoms with E-state index in [1.165, 1.54) is 0 Å². The third-order valence-corrected chi connectivity index (χ3v) is 19.6. The summed E-state index contributed by atoms with van der Waals surface area (Å²) < 4.78 is 62.6. The molecule has 0 atom stereocenters. The van der Waals surface area contributed by atoms with Gasteiger partial charge in [-0.1, -0.05) is 0 Å². The van der Waals surface area contributed by atoms with Crippen molar-refractivity contribution >= 4 is 10.1 Å². The molecule has 0 fully saturated rings. The smallest absolute Gasteiger partial charge is 0.485 e. The van der Waals surface area contributed by atoms with Crippen molar-refractivity contribution in [2.24, 2.45) is 0 Å². The number of benzene rings is 2. The number of rotatable bonds is 2. The van der Waals surface area contributed by atoms with Crippen molar-refractivity contribution < 1.29 is 44.6 Å². The van der Waals surface area contributed by atoms with Gasteiger partial charge >= 0.3 is 140 Å². The SMILES string of the molecule is CC(C)(C)[I+](c1ccccc1)(c1ccccc1)C(C)(C)C.O=S(=O)([O-])C(F)(F)F. The maximum absolute atomic E-state index is 10.7. The number of alkyl halides is 5. The maximum atomic E-state index is 10.7. The van der Waals surface area contributed by atoms with Crippen molar-refractivity contribution in [2.45, 2.75) is 53.9 Å². The molecule has 3 nitrogen and oxygen atoms in total. The first kappa shape index (κ1) is 25.9. The summed E-state index contributed by atoms with van der Waals surface area (Å²) in [5.41, 5.74) is -5.65. The van der Waals surface area contributed by atoms with Gasteiger partial charge in [0, 0.05) is 0 Å². The van der Waals surface area contributed by atoms with Crippen molar-refractivity contribution in [3.63, 3.8) is 0 Å². The van der Waals surface area contributed by atoms with Crippen LogP contribution in [-0.2, 0) is 10.1 Å². The predicted octanol–water partition coefficient (Wildman–Crippen LogP) is 2.53. The summed E-state index contributed by atoms with van der Waals surface area (Å²) in [7, 11) is -6.09. The zero-order valence-corrected chi connectivity index (χ0v) is 20.4.